The van der Waals surface area contributed by atoms with E-state index in [9.17, 15) is 4.79 Å². The van der Waals surface area contributed by atoms with Gasteiger partial charge in [-0.1, -0.05) is 18.5 Å². The van der Waals surface area contributed by atoms with Gasteiger partial charge in [-0.15, -0.1) is 0 Å². The Morgan fingerprint density at radius 3 is 2.71 bits per heavy atom. The van der Waals surface area contributed by atoms with Gasteiger partial charge in [0.05, 0.1) is 7.11 Å². The Kier molecular flexibility index (Phi) is 4.81. The van der Waals surface area contributed by atoms with Crippen LogP contribution in [0.4, 0.5) is 5.69 Å². The molecule has 1 aromatic carbocycles. The number of carbonyl (C=O) groups excluding carboxylic acids is 1. The van der Waals surface area contributed by atoms with Gasteiger partial charge in [-0.05, 0) is 49.2 Å². The van der Waals surface area contributed by atoms with Crippen molar-refractivity contribution in [2.75, 3.05) is 12.4 Å². The zero-order valence-corrected chi connectivity index (χ0v) is 13.0. The SMILES string of the molecule is CCc1cc(C(=O)Nc2ccc(OC)cc2C)cc(Cl)n1. The van der Waals surface area contributed by atoms with Crippen molar-refractivity contribution in [2.45, 2.75) is 20.3 Å². The van der Waals surface area contributed by atoms with Gasteiger partial charge >= 0.3 is 0 Å². The number of ether oxygens (including phenoxy) is 1. The average molecular weight is 305 g/mol. The van der Waals surface area contributed by atoms with Crippen LogP contribution in [0.3, 0.4) is 0 Å². The molecular formula is C16H17ClN2O2. The van der Waals surface area contributed by atoms with Crippen molar-refractivity contribution in [3.63, 3.8) is 0 Å². The number of aromatic nitrogens is 1. The minimum atomic E-state index is -0.206. The molecule has 1 amide bonds. The molecule has 0 saturated carbocycles. The summed E-state index contributed by atoms with van der Waals surface area (Å²) in [5.74, 6) is 0.549. The molecule has 0 fully saturated rings. The summed E-state index contributed by atoms with van der Waals surface area (Å²) in [4.78, 5) is 16.5. The van der Waals surface area contributed by atoms with E-state index in [0.29, 0.717) is 10.7 Å². The first kappa shape index (κ1) is 15.3. The summed E-state index contributed by atoms with van der Waals surface area (Å²) < 4.78 is 5.15. The third-order valence-corrected chi connectivity index (χ3v) is 3.35. The number of halogens is 1. The summed E-state index contributed by atoms with van der Waals surface area (Å²) in [5.41, 5.74) is 2.96. The number of hydrogen-bond acceptors (Lipinski definition) is 3. The normalized spacial score (nSPS) is 10.3. The van der Waals surface area contributed by atoms with Crippen LogP contribution in [0, 0.1) is 6.92 Å². The molecule has 0 bridgehead atoms. The molecule has 21 heavy (non-hydrogen) atoms. The highest BCUT2D eigenvalue weighted by Gasteiger charge is 2.11. The maximum atomic E-state index is 12.3. The largest absolute Gasteiger partial charge is 0.497 e. The number of anilines is 1. The zero-order valence-electron chi connectivity index (χ0n) is 12.2. The maximum Gasteiger partial charge on any atom is 0.255 e. The Hall–Kier alpha value is -2.07. The monoisotopic (exact) mass is 304 g/mol. The van der Waals surface area contributed by atoms with Crippen LogP contribution in [0.25, 0.3) is 0 Å². The van der Waals surface area contributed by atoms with E-state index < -0.39 is 0 Å². The zero-order chi connectivity index (χ0) is 15.4. The number of aryl methyl sites for hydroxylation is 2. The van der Waals surface area contributed by atoms with E-state index in [0.717, 1.165) is 29.1 Å². The fourth-order valence-electron chi connectivity index (χ4n) is 1.96. The van der Waals surface area contributed by atoms with E-state index in [1.54, 1.807) is 25.3 Å². The van der Waals surface area contributed by atoms with Gasteiger partial charge in [0.25, 0.3) is 5.91 Å². The second kappa shape index (κ2) is 6.59. The lowest BCUT2D eigenvalue weighted by Gasteiger charge is -2.10. The number of pyridine rings is 1. The van der Waals surface area contributed by atoms with Gasteiger partial charge in [0.1, 0.15) is 10.9 Å². The molecule has 1 N–H and O–H groups in total. The van der Waals surface area contributed by atoms with Crippen molar-refractivity contribution >= 4 is 23.2 Å². The predicted octanol–water partition coefficient (Wildman–Crippen LogP) is 3.87. The Bertz CT molecular complexity index is 671. The van der Waals surface area contributed by atoms with Crippen LogP contribution in [0.15, 0.2) is 30.3 Å². The Labute approximate surface area is 129 Å². The number of nitrogens with one attached hydrogen (secondary N) is 1. The molecule has 0 aliphatic rings. The molecule has 5 heteroatoms. The molecule has 1 heterocycles. The molecular weight excluding hydrogens is 288 g/mol. The van der Waals surface area contributed by atoms with Crippen molar-refractivity contribution in [1.29, 1.82) is 0 Å². The molecule has 0 spiro atoms. The number of hydrogen-bond donors (Lipinski definition) is 1. The van der Waals surface area contributed by atoms with E-state index in [1.807, 2.05) is 26.0 Å². The lowest BCUT2D eigenvalue weighted by Crippen LogP contribution is -2.13. The molecule has 110 valence electrons. The predicted molar refractivity (Wildman–Crippen MR) is 84.3 cm³/mol. The molecule has 0 atom stereocenters. The molecule has 1 aromatic heterocycles. The Balaban J connectivity index is 2.23. The summed E-state index contributed by atoms with van der Waals surface area (Å²) in [6.07, 6.45) is 0.725. The van der Waals surface area contributed by atoms with Crippen LogP contribution in [0.1, 0.15) is 28.5 Å². The molecule has 0 aliphatic carbocycles. The van der Waals surface area contributed by atoms with Gasteiger partial charge in [0, 0.05) is 16.9 Å². The number of amides is 1. The third-order valence-electron chi connectivity index (χ3n) is 3.15. The summed E-state index contributed by atoms with van der Waals surface area (Å²) in [5, 5.41) is 3.20. The lowest BCUT2D eigenvalue weighted by atomic mass is 10.1. The number of benzene rings is 1. The Morgan fingerprint density at radius 1 is 1.33 bits per heavy atom. The van der Waals surface area contributed by atoms with Crippen molar-refractivity contribution in [2.24, 2.45) is 0 Å². The van der Waals surface area contributed by atoms with Crippen LogP contribution < -0.4 is 10.1 Å². The van der Waals surface area contributed by atoms with Gasteiger partial charge in [0.2, 0.25) is 0 Å². The topological polar surface area (TPSA) is 51.2 Å². The van der Waals surface area contributed by atoms with Crippen molar-refractivity contribution in [3.8, 4) is 5.75 Å². The minimum Gasteiger partial charge on any atom is -0.497 e. The summed E-state index contributed by atoms with van der Waals surface area (Å²) in [6.45, 7) is 3.88. The number of methoxy groups -OCH3 is 1. The molecule has 4 nitrogen and oxygen atoms in total. The fraction of sp³-hybridized carbons (Fsp3) is 0.250. The lowest BCUT2D eigenvalue weighted by molar-refractivity contribution is 0.102. The number of nitrogens with zero attached hydrogens (tertiary/aromatic N) is 1. The highest BCUT2D eigenvalue weighted by atomic mass is 35.5. The van der Waals surface area contributed by atoms with E-state index in [-0.39, 0.29) is 5.91 Å². The van der Waals surface area contributed by atoms with Crippen LogP contribution in [-0.2, 0) is 6.42 Å². The smallest absolute Gasteiger partial charge is 0.255 e. The summed E-state index contributed by atoms with van der Waals surface area (Å²) in [6, 6.07) is 8.80. The van der Waals surface area contributed by atoms with E-state index in [4.69, 9.17) is 16.3 Å². The standard InChI is InChI=1S/C16H17ClN2O2/c1-4-12-8-11(9-15(17)18-12)16(20)19-14-6-5-13(21-3)7-10(14)2/h5-9H,4H2,1-3H3,(H,19,20). The first-order chi connectivity index (χ1) is 10.0. The van der Waals surface area contributed by atoms with Gasteiger partial charge < -0.3 is 10.1 Å². The highest BCUT2D eigenvalue weighted by Crippen LogP contribution is 2.22. The molecule has 2 aromatic rings. The quantitative estimate of drug-likeness (QED) is 0.872. The van der Waals surface area contributed by atoms with E-state index in [1.165, 1.54) is 0 Å². The first-order valence-electron chi connectivity index (χ1n) is 6.66. The Morgan fingerprint density at radius 2 is 2.10 bits per heavy atom. The van der Waals surface area contributed by atoms with Crippen molar-refractivity contribution in [1.82, 2.24) is 4.98 Å². The highest BCUT2D eigenvalue weighted by molar-refractivity contribution is 6.29. The van der Waals surface area contributed by atoms with Crippen molar-refractivity contribution in [3.05, 3.63) is 52.3 Å². The van der Waals surface area contributed by atoms with Crippen molar-refractivity contribution < 1.29 is 9.53 Å². The average Bonchev–Trinajstić information content (AvgIpc) is 2.48. The second-order valence-electron chi connectivity index (χ2n) is 4.66. The molecule has 2 rings (SSSR count). The second-order valence-corrected chi connectivity index (χ2v) is 5.05. The van der Waals surface area contributed by atoms with Crippen LogP contribution in [-0.4, -0.2) is 18.0 Å². The maximum absolute atomic E-state index is 12.3. The number of carbonyl (C=O) groups is 1. The fourth-order valence-corrected chi connectivity index (χ4v) is 2.19. The first-order valence-corrected chi connectivity index (χ1v) is 7.03. The van der Waals surface area contributed by atoms with Crippen LogP contribution in [0.2, 0.25) is 5.15 Å². The van der Waals surface area contributed by atoms with Gasteiger partial charge in [-0.2, -0.15) is 0 Å². The van der Waals surface area contributed by atoms with Gasteiger partial charge in [-0.25, -0.2) is 4.98 Å². The van der Waals surface area contributed by atoms with Crippen LogP contribution >= 0.6 is 11.6 Å². The van der Waals surface area contributed by atoms with E-state index >= 15 is 0 Å². The molecule has 0 radical (unpaired) electrons. The summed E-state index contributed by atoms with van der Waals surface area (Å²) >= 11 is 5.94. The third kappa shape index (κ3) is 3.73. The van der Waals surface area contributed by atoms with Gasteiger partial charge in [-0.3, -0.25) is 4.79 Å². The van der Waals surface area contributed by atoms with E-state index in [2.05, 4.69) is 10.3 Å². The summed E-state index contributed by atoms with van der Waals surface area (Å²) in [7, 11) is 1.61. The molecule has 0 saturated heterocycles. The molecule has 0 unspecified atom stereocenters. The van der Waals surface area contributed by atoms with Crippen LogP contribution in [0.5, 0.6) is 5.75 Å². The molecule has 0 aliphatic heterocycles. The number of rotatable bonds is 4. The minimum absolute atomic E-state index is 0.206. The van der Waals surface area contributed by atoms with Gasteiger partial charge in [0.15, 0.2) is 0 Å².